The number of alkyl halides is 12. The number of benzene rings is 2. The Hall–Kier alpha value is -8.22. The lowest BCUT2D eigenvalue weighted by Gasteiger charge is -2.35. The predicted molar refractivity (Wildman–Crippen MR) is 327 cm³/mol. The molecule has 4 amide bonds. The minimum Gasteiger partial charge on any atom is -0.451 e. The molecule has 0 radical (unpaired) electrons. The highest BCUT2D eigenvalue weighted by molar-refractivity contribution is 5.94. The Labute approximate surface area is 559 Å². The van der Waals surface area contributed by atoms with E-state index in [1.165, 1.54) is 104 Å². The van der Waals surface area contributed by atoms with Gasteiger partial charge in [-0.3, -0.25) is 28.5 Å². The maximum absolute atomic E-state index is 15.1. The third-order valence-corrected chi connectivity index (χ3v) is 16.6. The number of halogens is 12. The van der Waals surface area contributed by atoms with E-state index in [1.807, 2.05) is 0 Å². The van der Waals surface area contributed by atoms with Gasteiger partial charge < -0.3 is 38.5 Å². The standard InChI is InChI=1S/C66H84F12N8O12/c1-33(2)25-45-59(91)95-39(11)55(87)81(13)48(28-36(7)8)62(94)98-50(30-42-19-23-44(24-20-42)38(10)86-54(66(76,77)78)32-52(80-86)64(70,71)72)58(90)84(16)46(26-34(3)4)60(92)96-40(12)56(88)82(14)47(27-35(5)6)61(93)97-49(57(89)83(45)15)29-41-17-21-43(22-18-41)37(9)85-53(65(73,74)75)31-51(79-85)63(67,68)69/h17-24,31-40,45-50H,25-30H2,1-16H3/t37-,38+,39-,40-,45+,46+,47+,48+,49-,50-/m1/s1. The first kappa shape index (κ1) is 80.5. The van der Waals surface area contributed by atoms with E-state index in [-0.39, 0.29) is 69.4 Å². The van der Waals surface area contributed by atoms with Gasteiger partial charge in [0.2, 0.25) is 0 Å². The van der Waals surface area contributed by atoms with Crippen molar-refractivity contribution in [2.45, 2.75) is 207 Å². The first-order valence-electron chi connectivity index (χ1n) is 31.6. The van der Waals surface area contributed by atoms with Crippen molar-refractivity contribution in [2.24, 2.45) is 23.7 Å². The third-order valence-electron chi connectivity index (χ3n) is 16.6. The topological polar surface area (TPSA) is 222 Å². The maximum atomic E-state index is 15.1. The quantitative estimate of drug-likeness (QED) is 0.0578. The van der Waals surface area contributed by atoms with E-state index in [0.717, 1.165) is 19.6 Å². The second-order valence-corrected chi connectivity index (χ2v) is 26.3. The number of carbonyl (C=O) groups excluding carboxylic acids is 8. The SMILES string of the molecule is CC(C)C[C@H]1C(=O)O[C@H](Cc2ccc([C@H](C)n3nc(C(F)(F)F)cc3C(F)(F)F)cc2)C(=O)N(C)[C@@H](CC(C)C)C(=O)O[C@H](C)C(=O)N(C)[C@@H](CC(C)C)C(=O)O[C@H](Cc2ccc([C@@H](C)n3nc(C(F)(F)F)cc3C(F)(F)F)cc2)C(=O)N(C)[C@@H](CC(C)C)C(=O)O[C@H](C)C(=O)N1C. The van der Waals surface area contributed by atoms with E-state index >= 15 is 9.59 Å². The molecule has 4 aromatic rings. The highest BCUT2D eigenvalue weighted by Gasteiger charge is 2.47. The second kappa shape index (κ2) is 32.2. The first-order valence-corrected chi connectivity index (χ1v) is 31.6. The number of hydrogen-bond donors (Lipinski definition) is 0. The minimum absolute atomic E-state index is 0.0211. The van der Waals surface area contributed by atoms with Gasteiger partial charge in [0.25, 0.3) is 23.6 Å². The summed E-state index contributed by atoms with van der Waals surface area (Å²) in [6.45, 7) is 18.1. The summed E-state index contributed by atoms with van der Waals surface area (Å²) < 4.78 is 191. The summed E-state index contributed by atoms with van der Waals surface area (Å²) in [7, 11) is 4.72. The van der Waals surface area contributed by atoms with Crippen LogP contribution in [0.4, 0.5) is 52.7 Å². The van der Waals surface area contributed by atoms with Crippen LogP contribution in [0.3, 0.4) is 0 Å². The van der Waals surface area contributed by atoms with Gasteiger partial charge in [-0.25, -0.2) is 19.2 Å². The zero-order valence-electron chi connectivity index (χ0n) is 57.1. The van der Waals surface area contributed by atoms with Gasteiger partial charge in [-0.1, -0.05) is 104 Å². The molecule has 2 aromatic carbocycles. The molecule has 1 fully saturated rings. The van der Waals surface area contributed by atoms with Crippen molar-refractivity contribution in [3.8, 4) is 0 Å². The van der Waals surface area contributed by atoms with E-state index < -0.39 is 192 Å². The fourth-order valence-electron chi connectivity index (χ4n) is 11.1. The molecule has 32 heteroatoms. The normalized spacial score (nSPS) is 22.6. The molecule has 0 saturated carbocycles. The summed E-state index contributed by atoms with van der Waals surface area (Å²) in [5.41, 5.74) is -6.61. The van der Waals surface area contributed by atoms with E-state index in [9.17, 15) is 81.5 Å². The van der Waals surface area contributed by atoms with Crippen molar-refractivity contribution in [1.29, 1.82) is 0 Å². The number of amides is 4. The number of hydrogen-bond acceptors (Lipinski definition) is 14. The molecule has 0 unspecified atom stereocenters. The smallest absolute Gasteiger partial charge is 0.435 e. The van der Waals surface area contributed by atoms with Crippen molar-refractivity contribution in [3.63, 3.8) is 0 Å². The summed E-state index contributed by atoms with van der Waals surface area (Å²) in [6.07, 6.45) is -30.0. The van der Waals surface area contributed by atoms with E-state index in [2.05, 4.69) is 10.2 Å². The molecule has 1 saturated heterocycles. The van der Waals surface area contributed by atoms with Crippen molar-refractivity contribution in [2.75, 3.05) is 28.2 Å². The molecule has 98 heavy (non-hydrogen) atoms. The molecule has 0 N–H and O–H groups in total. The van der Waals surface area contributed by atoms with Crippen molar-refractivity contribution < 1.29 is 110 Å². The van der Waals surface area contributed by atoms with Crippen LogP contribution in [0.1, 0.15) is 166 Å². The van der Waals surface area contributed by atoms with Crippen LogP contribution in [0.15, 0.2) is 60.7 Å². The van der Waals surface area contributed by atoms with Crippen LogP contribution >= 0.6 is 0 Å². The molecule has 3 heterocycles. The number of likely N-dealkylation sites (N-methyl/N-ethyl adjacent to an activating group) is 4. The van der Waals surface area contributed by atoms with Gasteiger partial charge in [0.1, 0.15) is 35.6 Å². The Morgan fingerprint density at radius 2 is 0.622 bits per heavy atom. The lowest BCUT2D eigenvalue weighted by molar-refractivity contribution is -0.176. The van der Waals surface area contributed by atoms with Gasteiger partial charge in [0.05, 0.1) is 12.1 Å². The second-order valence-electron chi connectivity index (χ2n) is 26.3. The lowest BCUT2D eigenvalue weighted by Crippen LogP contribution is -2.55. The Balaban J connectivity index is 1.62. The van der Waals surface area contributed by atoms with Crippen LogP contribution in [-0.2, 0) is 94.9 Å². The van der Waals surface area contributed by atoms with E-state index in [1.54, 1.807) is 55.4 Å². The maximum Gasteiger partial charge on any atom is 0.435 e. The van der Waals surface area contributed by atoms with Crippen LogP contribution in [-0.4, -0.2) is 163 Å². The molecule has 0 bridgehead atoms. The van der Waals surface area contributed by atoms with Gasteiger partial charge in [0.15, 0.2) is 35.8 Å². The molecule has 0 aliphatic carbocycles. The fourth-order valence-corrected chi connectivity index (χ4v) is 11.1. The Morgan fingerprint density at radius 1 is 0.378 bits per heavy atom. The minimum atomic E-state index is -5.26. The molecule has 544 valence electrons. The van der Waals surface area contributed by atoms with Crippen LogP contribution in [0, 0.1) is 23.7 Å². The van der Waals surface area contributed by atoms with Gasteiger partial charge in [-0.05, 0) is 99.3 Å². The molecule has 5 rings (SSSR count). The monoisotopic (exact) mass is 1410 g/mol. The average Bonchev–Trinajstić information content (AvgIpc) is 1.66. The van der Waals surface area contributed by atoms with E-state index in [0.29, 0.717) is 0 Å². The van der Waals surface area contributed by atoms with Crippen molar-refractivity contribution in [3.05, 3.63) is 106 Å². The summed E-state index contributed by atoms with van der Waals surface area (Å²) in [5.74, 6) is -10.4. The largest absolute Gasteiger partial charge is 0.451 e. The Kier molecular flexibility index (Phi) is 26.4. The van der Waals surface area contributed by atoms with Gasteiger partial charge in [-0.15, -0.1) is 0 Å². The summed E-state index contributed by atoms with van der Waals surface area (Å²) in [6, 6.07) is 0.800. The summed E-state index contributed by atoms with van der Waals surface area (Å²) in [4.78, 5) is 122. The van der Waals surface area contributed by atoms with Crippen LogP contribution < -0.4 is 0 Å². The number of aromatic nitrogens is 4. The van der Waals surface area contributed by atoms with Gasteiger partial charge in [-0.2, -0.15) is 62.9 Å². The van der Waals surface area contributed by atoms with Crippen molar-refractivity contribution in [1.82, 2.24) is 39.2 Å². The van der Waals surface area contributed by atoms with Crippen LogP contribution in [0.25, 0.3) is 0 Å². The Morgan fingerprint density at radius 3 is 0.857 bits per heavy atom. The molecular weight excluding hydrogens is 1320 g/mol. The molecule has 20 nitrogen and oxygen atoms in total. The zero-order chi connectivity index (χ0) is 74.3. The highest BCUT2D eigenvalue weighted by atomic mass is 19.4. The van der Waals surface area contributed by atoms with E-state index in [4.69, 9.17) is 18.9 Å². The number of carbonyl (C=O) groups is 8. The summed E-state index contributed by atoms with van der Waals surface area (Å²) >= 11 is 0. The van der Waals surface area contributed by atoms with Crippen molar-refractivity contribution >= 4 is 47.5 Å². The van der Waals surface area contributed by atoms with Crippen LogP contribution in [0.5, 0.6) is 0 Å². The third kappa shape index (κ3) is 20.5. The molecular formula is C66H84F12N8O12. The molecule has 1 aliphatic rings. The molecule has 2 aromatic heterocycles. The molecule has 0 spiro atoms. The van der Waals surface area contributed by atoms with Gasteiger partial charge >= 0.3 is 48.6 Å². The van der Waals surface area contributed by atoms with Crippen LogP contribution in [0.2, 0.25) is 0 Å². The highest BCUT2D eigenvalue weighted by Crippen LogP contribution is 2.40. The fraction of sp³-hybridized carbons (Fsp3) is 0.606. The molecule has 1 aliphatic heterocycles. The first-order chi connectivity index (χ1) is 45.0. The lowest BCUT2D eigenvalue weighted by atomic mass is 9.99. The molecule has 10 atom stereocenters. The average molecular weight is 1410 g/mol. The van der Waals surface area contributed by atoms with Gasteiger partial charge in [0, 0.05) is 53.2 Å². The Bertz CT molecular complexity index is 3220. The number of cyclic esters (lactones) is 4. The zero-order valence-corrected chi connectivity index (χ0v) is 57.1. The number of ether oxygens (including phenoxy) is 4. The predicted octanol–water partition coefficient (Wildman–Crippen LogP) is 11.4. The number of rotatable bonds is 16. The summed E-state index contributed by atoms with van der Waals surface area (Å²) in [5, 5.41) is 6.44. The number of esters is 4. The number of nitrogens with zero attached hydrogens (tertiary/aromatic N) is 8.